The summed E-state index contributed by atoms with van der Waals surface area (Å²) in [7, 11) is 1.79. The molecule has 0 aromatic heterocycles. The van der Waals surface area contributed by atoms with Crippen molar-refractivity contribution in [2.75, 3.05) is 72.6 Å². The number of nitrogens with zero attached hydrogens (tertiary/aromatic N) is 4. The van der Waals surface area contributed by atoms with Gasteiger partial charge in [0.25, 0.3) is 0 Å². The molecule has 1 aromatic carbocycles. The lowest BCUT2D eigenvalue weighted by Gasteiger charge is -2.37. The molecule has 1 atom stereocenters. The van der Waals surface area contributed by atoms with Crippen molar-refractivity contribution >= 4 is 47.4 Å². The number of piperazine rings is 1. The second kappa shape index (κ2) is 13.3. The van der Waals surface area contributed by atoms with E-state index < -0.39 is 0 Å². The first kappa shape index (κ1) is 26.0. The van der Waals surface area contributed by atoms with Crippen LogP contribution in [0.15, 0.2) is 29.3 Å². The van der Waals surface area contributed by atoms with Gasteiger partial charge < -0.3 is 24.6 Å². The summed E-state index contributed by atoms with van der Waals surface area (Å²) in [6, 6.07) is 7.37. The number of carbonyl (C=O) groups excluding carboxylic acids is 1. The Labute approximate surface area is 206 Å². The minimum Gasteiger partial charge on any atom is -0.489 e. The number of amides is 1. The first-order valence-electron chi connectivity index (χ1n) is 10.5. The minimum absolute atomic E-state index is 0. The maximum absolute atomic E-state index is 12.4. The maximum atomic E-state index is 12.4. The fourth-order valence-electron chi connectivity index (χ4n) is 3.58. The average molecular weight is 566 g/mol. The van der Waals surface area contributed by atoms with E-state index in [0.717, 1.165) is 37.9 Å². The summed E-state index contributed by atoms with van der Waals surface area (Å²) in [4.78, 5) is 23.2. The van der Waals surface area contributed by atoms with Gasteiger partial charge >= 0.3 is 0 Å². The van der Waals surface area contributed by atoms with Crippen LogP contribution in [-0.4, -0.2) is 105 Å². The zero-order chi connectivity index (χ0) is 21.3. The van der Waals surface area contributed by atoms with E-state index in [1.807, 2.05) is 36.1 Å². The number of ether oxygens (including phenoxy) is 2. The van der Waals surface area contributed by atoms with Crippen molar-refractivity contribution < 1.29 is 14.3 Å². The predicted octanol–water partition coefficient (Wildman–Crippen LogP) is 1.78. The lowest BCUT2D eigenvalue weighted by Crippen LogP contribution is -2.55. The standard InChI is InChI=1S/C21H32ClN5O3.HI/c1-17(30-19-5-3-18(22)4-6-19)15-24-21(23-2)27-9-7-25(8-10-27)16-20(28)26-11-13-29-14-12-26;/h3-6,17H,7-16H2,1-2H3,(H,23,24);1H. The Hall–Kier alpha value is -1.30. The summed E-state index contributed by atoms with van der Waals surface area (Å²) >= 11 is 5.91. The second-order valence-electron chi connectivity index (χ2n) is 7.57. The van der Waals surface area contributed by atoms with Gasteiger partial charge in [-0.3, -0.25) is 14.7 Å². The Kier molecular flexibility index (Phi) is 11.1. The third kappa shape index (κ3) is 8.28. The van der Waals surface area contributed by atoms with Crippen LogP contribution in [0.25, 0.3) is 0 Å². The number of carbonyl (C=O) groups is 1. The van der Waals surface area contributed by atoms with Gasteiger partial charge in [0.2, 0.25) is 5.91 Å². The number of guanidine groups is 1. The molecule has 0 saturated carbocycles. The lowest BCUT2D eigenvalue weighted by atomic mass is 10.3. The summed E-state index contributed by atoms with van der Waals surface area (Å²) in [6.45, 7) is 9.17. The summed E-state index contributed by atoms with van der Waals surface area (Å²) in [5, 5.41) is 4.09. The summed E-state index contributed by atoms with van der Waals surface area (Å²) < 4.78 is 11.2. The van der Waals surface area contributed by atoms with Crippen molar-refractivity contribution in [3.8, 4) is 5.75 Å². The van der Waals surface area contributed by atoms with Gasteiger partial charge in [0, 0.05) is 51.3 Å². The summed E-state index contributed by atoms with van der Waals surface area (Å²) in [5.74, 6) is 1.85. The third-order valence-corrected chi connectivity index (χ3v) is 5.56. The molecule has 10 heteroatoms. The van der Waals surface area contributed by atoms with Gasteiger partial charge in [0.1, 0.15) is 11.9 Å². The molecule has 1 N–H and O–H groups in total. The normalized spacial score (nSPS) is 18.9. The number of hydrogen-bond acceptors (Lipinski definition) is 5. The fourth-order valence-corrected chi connectivity index (χ4v) is 3.70. The van der Waals surface area contributed by atoms with Crippen LogP contribution in [0.2, 0.25) is 5.02 Å². The van der Waals surface area contributed by atoms with Gasteiger partial charge in [-0.15, -0.1) is 24.0 Å². The second-order valence-corrected chi connectivity index (χ2v) is 8.00. The van der Waals surface area contributed by atoms with Gasteiger partial charge in [0.05, 0.1) is 26.3 Å². The van der Waals surface area contributed by atoms with Crippen molar-refractivity contribution in [3.05, 3.63) is 29.3 Å². The molecular weight excluding hydrogens is 533 g/mol. The molecule has 0 bridgehead atoms. The van der Waals surface area contributed by atoms with Gasteiger partial charge in [-0.2, -0.15) is 0 Å². The van der Waals surface area contributed by atoms with E-state index in [-0.39, 0.29) is 36.0 Å². The quantitative estimate of drug-likeness (QED) is 0.322. The Morgan fingerprint density at radius 2 is 1.77 bits per heavy atom. The number of hydrogen-bond donors (Lipinski definition) is 1. The lowest BCUT2D eigenvalue weighted by molar-refractivity contribution is -0.136. The van der Waals surface area contributed by atoms with Gasteiger partial charge in [0.15, 0.2) is 5.96 Å². The fraction of sp³-hybridized carbons (Fsp3) is 0.619. The van der Waals surface area contributed by atoms with Crippen molar-refractivity contribution in [3.63, 3.8) is 0 Å². The highest BCUT2D eigenvalue weighted by Crippen LogP contribution is 2.16. The predicted molar refractivity (Wildman–Crippen MR) is 134 cm³/mol. The molecule has 8 nitrogen and oxygen atoms in total. The van der Waals surface area contributed by atoms with E-state index in [1.165, 1.54) is 0 Å². The Bertz CT molecular complexity index is 707. The van der Waals surface area contributed by atoms with Gasteiger partial charge in [-0.05, 0) is 31.2 Å². The van der Waals surface area contributed by atoms with Crippen LogP contribution < -0.4 is 10.1 Å². The molecule has 174 valence electrons. The molecule has 0 aliphatic carbocycles. The van der Waals surface area contributed by atoms with Crippen LogP contribution in [0.3, 0.4) is 0 Å². The first-order valence-corrected chi connectivity index (χ1v) is 10.9. The minimum atomic E-state index is -0.0182. The highest BCUT2D eigenvalue weighted by Gasteiger charge is 2.24. The average Bonchev–Trinajstić information content (AvgIpc) is 2.77. The molecule has 1 amide bonds. The van der Waals surface area contributed by atoms with E-state index in [1.54, 1.807) is 7.05 Å². The van der Waals surface area contributed by atoms with E-state index in [0.29, 0.717) is 44.4 Å². The molecule has 2 saturated heterocycles. The number of aliphatic imine (C=N–C) groups is 1. The monoisotopic (exact) mass is 565 g/mol. The van der Waals surface area contributed by atoms with E-state index >= 15 is 0 Å². The molecule has 1 unspecified atom stereocenters. The smallest absolute Gasteiger partial charge is 0.236 e. The molecule has 31 heavy (non-hydrogen) atoms. The van der Waals surface area contributed by atoms with Crippen LogP contribution in [0.4, 0.5) is 0 Å². The van der Waals surface area contributed by atoms with Crippen LogP contribution in [0, 0.1) is 0 Å². The Balaban J connectivity index is 0.00000341. The summed E-state index contributed by atoms with van der Waals surface area (Å²) in [6.07, 6.45) is -0.0182. The molecule has 2 fully saturated rings. The number of halogens is 2. The van der Waals surface area contributed by atoms with Gasteiger partial charge in [-0.25, -0.2) is 0 Å². The van der Waals surface area contributed by atoms with Crippen molar-refractivity contribution in [2.45, 2.75) is 13.0 Å². The Morgan fingerprint density at radius 1 is 1.13 bits per heavy atom. The maximum Gasteiger partial charge on any atom is 0.236 e. The van der Waals surface area contributed by atoms with Crippen LogP contribution in [0.5, 0.6) is 5.75 Å². The SMILES string of the molecule is CN=C(NCC(C)Oc1ccc(Cl)cc1)N1CCN(CC(=O)N2CCOCC2)CC1.I. The van der Waals surface area contributed by atoms with Crippen LogP contribution in [0.1, 0.15) is 6.92 Å². The highest BCUT2D eigenvalue weighted by molar-refractivity contribution is 14.0. The molecular formula is C21H33ClIN5O3. The molecule has 0 radical (unpaired) electrons. The third-order valence-electron chi connectivity index (χ3n) is 5.30. The molecule has 2 aliphatic heterocycles. The molecule has 2 aliphatic rings. The molecule has 2 heterocycles. The molecule has 3 rings (SSSR count). The number of nitrogens with one attached hydrogen (secondary N) is 1. The molecule has 1 aromatic rings. The van der Waals surface area contributed by atoms with E-state index in [4.69, 9.17) is 21.1 Å². The first-order chi connectivity index (χ1) is 14.5. The number of morpholine rings is 1. The Morgan fingerprint density at radius 3 is 2.39 bits per heavy atom. The number of rotatable bonds is 6. The van der Waals surface area contributed by atoms with E-state index in [2.05, 4.69) is 20.1 Å². The topological polar surface area (TPSA) is 69.6 Å². The van der Waals surface area contributed by atoms with Crippen LogP contribution in [-0.2, 0) is 9.53 Å². The largest absolute Gasteiger partial charge is 0.489 e. The van der Waals surface area contributed by atoms with Crippen LogP contribution >= 0.6 is 35.6 Å². The zero-order valence-corrected chi connectivity index (χ0v) is 21.3. The highest BCUT2D eigenvalue weighted by atomic mass is 127. The molecule has 0 spiro atoms. The summed E-state index contributed by atoms with van der Waals surface area (Å²) in [5.41, 5.74) is 0. The van der Waals surface area contributed by atoms with Crippen molar-refractivity contribution in [2.24, 2.45) is 4.99 Å². The zero-order valence-electron chi connectivity index (χ0n) is 18.3. The van der Waals surface area contributed by atoms with Crippen molar-refractivity contribution in [1.82, 2.24) is 20.0 Å². The van der Waals surface area contributed by atoms with Crippen molar-refractivity contribution in [1.29, 1.82) is 0 Å². The van der Waals surface area contributed by atoms with E-state index in [9.17, 15) is 4.79 Å². The number of benzene rings is 1. The van der Waals surface area contributed by atoms with Gasteiger partial charge in [-0.1, -0.05) is 11.6 Å².